The number of hydrogen-bond acceptors (Lipinski definition) is 12. The lowest BCUT2D eigenvalue weighted by Gasteiger charge is -2.09. The summed E-state index contributed by atoms with van der Waals surface area (Å²) in [5, 5.41) is 0. The van der Waals surface area contributed by atoms with Gasteiger partial charge in [-0.25, -0.2) is 19.2 Å². The van der Waals surface area contributed by atoms with E-state index in [1.165, 1.54) is 35.9 Å². The van der Waals surface area contributed by atoms with Crippen LogP contribution in [0.15, 0.2) is 122 Å². The molecule has 0 fully saturated rings. The van der Waals surface area contributed by atoms with E-state index in [2.05, 4.69) is 32.2 Å². The molecule has 0 spiro atoms. The van der Waals surface area contributed by atoms with Gasteiger partial charge in [0.25, 0.3) is 6.47 Å². The number of ether oxygens (including phenoxy) is 7. The molecule has 330 valence electrons. The Morgan fingerprint density at radius 2 is 0.887 bits per heavy atom. The predicted octanol–water partition coefficient (Wildman–Crippen LogP) is 9.95. The third kappa shape index (κ3) is 21.5. The number of unbranched alkanes of at least 4 members (excludes halogenated alkanes) is 8. The first-order valence-corrected chi connectivity index (χ1v) is 20.9. The molecule has 0 bridgehead atoms. The second-order valence-corrected chi connectivity index (χ2v) is 14.0. The minimum atomic E-state index is -0.528. The van der Waals surface area contributed by atoms with Crippen LogP contribution >= 0.6 is 0 Å². The number of esters is 4. The van der Waals surface area contributed by atoms with Crippen LogP contribution in [0.25, 0.3) is 0 Å². The van der Waals surface area contributed by atoms with Gasteiger partial charge in [-0.15, -0.1) is 0 Å². The minimum Gasteiger partial charge on any atom is -0.494 e. The molecule has 62 heavy (non-hydrogen) atoms. The van der Waals surface area contributed by atoms with Gasteiger partial charge in [0.15, 0.2) is 0 Å². The Morgan fingerprint density at radius 1 is 0.468 bits per heavy atom. The SMILES string of the molecule is C=CC(=O)OCCCCCCCOc1ccc(C(=O)Oc2ccc(C(=O)OCCc3ccc(OC=O)cc3)cc2)cc1.C=CC(=O)OCCCCCCCOc1ccc(C)cc1. The molecular formula is C50H58O12. The lowest BCUT2D eigenvalue weighted by atomic mass is 10.1. The lowest BCUT2D eigenvalue weighted by molar-refractivity contribution is -0.138. The largest absolute Gasteiger partial charge is 0.494 e. The highest BCUT2D eigenvalue weighted by Gasteiger charge is 2.12. The number of hydrogen-bond donors (Lipinski definition) is 0. The normalized spacial score (nSPS) is 10.2. The molecule has 0 aliphatic carbocycles. The second-order valence-electron chi connectivity index (χ2n) is 14.0. The molecule has 0 N–H and O–H groups in total. The third-order valence-electron chi connectivity index (χ3n) is 9.08. The van der Waals surface area contributed by atoms with Crippen molar-refractivity contribution >= 4 is 30.3 Å². The first-order chi connectivity index (χ1) is 30.2. The molecule has 0 aromatic heterocycles. The maximum Gasteiger partial charge on any atom is 0.343 e. The maximum absolute atomic E-state index is 12.5. The van der Waals surface area contributed by atoms with Gasteiger partial charge in [-0.1, -0.05) is 81.5 Å². The van der Waals surface area contributed by atoms with Crippen LogP contribution in [-0.4, -0.2) is 63.4 Å². The van der Waals surface area contributed by atoms with Crippen LogP contribution < -0.4 is 18.9 Å². The molecule has 0 aliphatic heterocycles. The Labute approximate surface area is 364 Å². The van der Waals surface area contributed by atoms with Gasteiger partial charge >= 0.3 is 23.9 Å². The van der Waals surface area contributed by atoms with E-state index >= 15 is 0 Å². The molecule has 0 unspecified atom stereocenters. The predicted molar refractivity (Wildman–Crippen MR) is 236 cm³/mol. The van der Waals surface area contributed by atoms with Crippen LogP contribution in [-0.2, 0) is 35.0 Å². The van der Waals surface area contributed by atoms with Crippen LogP contribution in [0, 0.1) is 6.92 Å². The van der Waals surface area contributed by atoms with Crippen LogP contribution in [0.5, 0.6) is 23.0 Å². The summed E-state index contributed by atoms with van der Waals surface area (Å²) >= 11 is 0. The Morgan fingerprint density at radius 3 is 1.37 bits per heavy atom. The van der Waals surface area contributed by atoms with Crippen LogP contribution in [0.1, 0.15) is 96.1 Å². The highest BCUT2D eigenvalue weighted by atomic mass is 16.5. The summed E-state index contributed by atoms with van der Waals surface area (Å²) in [5.74, 6) is 0.593. The van der Waals surface area contributed by atoms with Gasteiger partial charge in [0.05, 0.1) is 44.2 Å². The van der Waals surface area contributed by atoms with Gasteiger partial charge in [-0.2, -0.15) is 0 Å². The summed E-state index contributed by atoms with van der Waals surface area (Å²) < 4.78 is 36.7. The fourth-order valence-electron chi connectivity index (χ4n) is 5.59. The highest BCUT2D eigenvalue weighted by Crippen LogP contribution is 2.19. The van der Waals surface area contributed by atoms with E-state index in [4.69, 9.17) is 33.2 Å². The molecule has 4 aromatic carbocycles. The van der Waals surface area contributed by atoms with E-state index in [0.29, 0.717) is 61.1 Å². The van der Waals surface area contributed by atoms with Crippen molar-refractivity contribution in [2.45, 2.75) is 77.6 Å². The van der Waals surface area contributed by atoms with Crippen LogP contribution in [0.2, 0.25) is 0 Å². The molecule has 12 nitrogen and oxygen atoms in total. The molecule has 0 atom stereocenters. The van der Waals surface area contributed by atoms with Crippen molar-refractivity contribution < 1.29 is 57.1 Å². The summed E-state index contributed by atoms with van der Waals surface area (Å²) in [6.45, 7) is 11.5. The van der Waals surface area contributed by atoms with Gasteiger partial charge in [0, 0.05) is 18.6 Å². The molecule has 0 heterocycles. The lowest BCUT2D eigenvalue weighted by Crippen LogP contribution is -2.10. The van der Waals surface area contributed by atoms with E-state index in [1.54, 1.807) is 48.5 Å². The number of carbonyl (C=O) groups excluding carboxylic acids is 5. The molecule has 12 heteroatoms. The van der Waals surface area contributed by atoms with Crippen LogP contribution in [0.3, 0.4) is 0 Å². The smallest absolute Gasteiger partial charge is 0.343 e. The van der Waals surface area contributed by atoms with Crippen molar-refractivity contribution in [3.05, 3.63) is 145 Å². The first-order valence-electron chi connectivity index (χ1n) is 20.9. The molecule has 4 aromatic rings. The van der Waals surface area contributed by atoms with Gasteiger partial charge in [0.1, 0.15) is 23.0 Å². The van der Waals surface area contributed by atoms with Gasteiger partial charge in [-0.05, 0) is 111 Å². The summed E-state index contributed by atoms with van der Waals surface area (Å²) in [4.78, 5) is 57.0. The molecule has 0 saturated heterocycles. The summed E-state index contributed by atoms with van der Waals surface area (Å²) in [6, 6.07) is 27.9. The average Bonchev–Trinajstić information content (AvgIpc) is 3.29. The number of carbonyl (C=O) groups is 5. The zero-order chi connectivity index (χ0) is 44.6. The third-order valence-corrected chi connectivity index (χ3v) is 9.08. The quantitative estimate of drug-likeness (QED) is 0.0134. The van der Waals surface area contributed by atoms with E-state index in [1.807, 2.05) is 12.1 Å². The topological polar surface area (TPSA) is 150 Å². The Hall–Kier alpha value is -6.69. The summed E-state index contributed by atoms with van der Waals surface area (Å²) in [7, 11) is 0. The second kappa shape index (κ2) is 30.4. The van der Waals surface area contributed by atoms with Crippen LogP contribution in [0.4, 0.5) is 0 Å². The van der Waals surface area contributed by atoms with Crippen molar-refractivity contribution in [2.75, 3.05) is 33.0 Å². The van der Waals surface area contributed by atoms with Crippen molar-refractivity contribution in [1.82, 2.24) is 0 Å². The van der Waals surface area contributed by atoms with E-state index in [-0.39, 0.29) is 12.6 Å². The molecule has 0 aliphatic rings. The standard InChI is InChI=1S/C33H34O9.C17H24O3/c1-2-31(35)39-22-7-5-3-4-6-21-38-28-16-10-27(11-17-28)33(37)42-30-18-12-26(13-19-30)32(36)40-23-20-25-8-14-29(15-9-25)41-24-34;1-3-17(18)20-14-8-6-4-5-7-13-19-16-11-9-15(2)10-12-16/h2,8-19,24H,1,3-7,20-23H2;3,9-12H,1,4-8,13-14H2,2H3. The molecule has 0 amide bonds. The fourth-order valence-corrected chi connectivity index (χ4v) is 5.59. The van der Waals surface area contributed by atoms with Gasteiger partial charge in [-0.3, -0.25) is 4.79 Å². The van der Waals surface area contributed by atoms with E-state index in [0.717, 1.165) is 88.2 Å². The Kier molecular flexibility index (Phi) is 24.3. The Bertz CT molecular complexity index is 1940. The number of benzene rings is 4. The van der Waals surface area contributed by atoms with E-state index in [9.17, 15) is 24.0 Å². The molecule has 0 radical (unpaired) electrons. The monoisotopic (exact) mass is 850 g/mol. The first kappa shape index (κ1) is 49.7. The Balaban J connectivity index is 0.000000428. The van der Waals surface area contributed by atoms with Crippen molar-refractivity contribution in [1.29, 1.82) is 0 Å². The van der Waals surface area contributed by atoms with Crippen molar-refractivity contribution in [3.63, 3.8) is 0 Å². The average molecular weight is 851 g/mol. The summed E-state index contributed by atoms with van der Waals surface area (Å²) in [6.07, 6.45) is 12.9. The fraction of sp³-hybridized carbons (Fsp3) is 0.340. The van der Waals surface area contributed by atoms with Gasteiger partial charge in [0.2, 0.25) is 0 Å². The van der Waals surface area contributed by atoms with Crippen molar-refractivity contribution in [3.8, 4) is 23.0 Å². The maximum atomic E-state index is 12.5. The summed E-state index contributed by atoms with van der Waals surface area (Å²) in [5.41, 5.74) is 2.88. The zero-order valence-corrected chi connectivity index (χ0v) is 35.6. The molecular weight excluding hydrogens is 793 g/mol. The van der Waals surface area contributed by atoms with E-state index < -0.39 is 17.9 Å². The molecule has 0 saturated carbocycles. The molecule has 4 rings (SSSR count). The number of aryl methyl sites for hydroxylation is 1. The van der Waals surface area contributed by atoms with Gasteiger partial charge < -0.3 is 33.2 Å². The minimum absolute atomic E-state index is 0.180. The number of rotatable bonds is 28. The highest BCUT2D eigenvalue weighted by molar-refractivity contribution is 5.92. The van der Waals surface area contributed by atoms with Crippen molar-refractivity contribution in [2.24, 2.45) is 0 Å². The zero-order valence-electron chi connectivity index (χ0n) is 35.6.